The van der Waals surface area contributed by atoms with Crippen LogP contribution in [0.25, 0.3) is 0 Å². The monoisotopic (exact) mass is 354 g/mol. The van der Waals surface area contributed by atoms with Crippen LogP contribution in [0.3, 0.4) is 0 Å². The Labute approximate surface area is 141 Å². The van der Waals surface area contributed by atoms with Gasteiger partial charge in [-0.25, -0.2) is 18.6 Å². The lowest BCUT2D eigenvalue weighted by Crippen LogP contribution is -2.31. The summed E-state index contributed by atoms with van der Waals surface area (Å²) in [5, 5.41) is 2.68. The average molecular weight is 355 g/mol. The SMILES string of the molecule is C[C@@H](NC(=O)COC(=O)c1ccc(Cl)nc1)c1ccc(F)cc1F. The van der Waals surface area contributed by atoms with Crippen LogP contribution in [0.2, 0.25) is 5.15 Å². The highest BCUT2D eigenvalue weighted by atomic mass is 35.5. The van der Waals surface area contributed by atoms with Gasteiger partial charge in [-0.05, 0) is 25.1 Å². The van der Waals surface area contributed by atoms with Crippen LogP contribution in [0.5, 0.6) is 0 Å². The van der Waals surface area contributed by atoms with Gasteiger partial charge in [0.05, 0.1) is 11.6 Å². The van der Waals surface area contributed by atoms with E-state index in [1.165, 1.54) is 31.3 Å². The summed E-state index contributed by atoms with van der Waals surface area (Å²) in [4.78, 5) is 27.2. The lowest BCUT2D eigenvalue weighted by molar-refractivity contribution is -0.124. The summed E-state index contributed by atoms with van der Waals surface area (Å²) in [5.41, 5.74) is 0.266. The second-order valence-electron chi connectivity index (χ2n) is 4.90. The minimum atomic E-state index is -0.771. The van der Waals surface area contributed by atoms with Gasteiger partial charge in [0.2, 0.25) is 0 Å². The quantitative estimate of drug-likeness (QED) is 0.662. The van der Waals surface area contributed by atoms with Gasteiger partial charge in [0, 0.05) is 17.8 Å². The van der Waals surface area contributed by atoms with Crippen molar-refractivity contribution in [2.75, 3.05) is 6.61 Å². The highest BCUT2D eigenvalue weighted by Gasteiger charge is 2.16. The van der Waals surface area contributed by atoms with Crippen LogP contribution >= 0.6 is 11.6 Å². The van der Waals surface area contributed by atoms with Crippen molar-refractivity contribution in [2.24, 2.45) is 0 Å². The van der Waals surface area contributed by atoms with Gasteiger partial charge in [0.1, 0.15) is 16.8 Å². The number of nitrogens with zero attached hydrogens (tertiary/aromatic N) is 1. The van der Waals surface area contributed by atoms with E-state index in [9.17, 15) is 18.4 Å². The molecule has 24 heavy (non-hydrogen) atoms. The Hall–Kier alpha value is -2.54. The van der Waals surface area contributed by atoms with E-state index in [4.69, 9.17) is 16.3 Å². The molecule has 0 bridgehead atoms. The number of rotatable bonds is 5. The standard InChI is InChI=1S/C16H13ClF2N2O3/c1-9(12-4-3-11(18)6-13(12)19)21-15(22)8-24-16(23)10-2-5-14(17)20-7-10/h2-7,9H,8H2,1H3,(H,21,22)/t9-/m1/s1. The zero-order valence-electron chi connectivity index (χ0n) is 12.6. The van der Waals surface area contributed by atoms with E-state index in [0.717, 1.165) is 12.1 Å². The van der Waals surface area contributed by atoms with Crippen LogP contribution in [0.4, 0.5) is 8.78 Å². The minimum Gasteiger partial charge on any atom is -0.452 e. The second kappa shape index (κ2) is 7.83. The van der Waals surface area contributed by atoms with Crippen LogP contribution in [-0.4, -0.2) is 23.5 Å². The van der Waals surface area contributed by atoms with E-state index >= 15 is 0 Å². The second-order valence-corrected chi connectivity index (χ2v) is 5.29. The fraction of sp³-hybridized carbons (Fsp3) is 0.188. The van der Waals surface area contributed by atoms with Crippen molar-refractivity contribution in [3.05, 3.63) is 64.4 Å². The molecule has 0 saturated carbocycles. The Balaban J connectivity index is 1.88. The molecule has 1 heterocycles. The molecule has 0 aliphatic carbocycles. The number of hydrogen-bond donors (Lipinski definition) is 1. The molecule has 0 radical (unpaired) electrons. The first-order chi connectivity index (χ1) is 11.4. The zero-order valence-corrected chi connectivity index (χ0v) is 13.3. The molecule has 2 aromatic rings. The molecule has 126 valence electrons. The minimum absolute atomic E-state index is 0.123. The number of nitrogens with one attached hydrogen (secondary N) is 1. The summed E-state index contributed by atoms with van der Waals surface area (Å²) in [6, 6.07) is 5.17. The van der Waals surface area contributed by atoms with Crippen LogP contribution in [0.15, 0.2) is 36.5 Å². The number of hydrogen-bond acceptors (Lipinski definition) is 4. The van der Waals surface area contributed by atoms with Crippen molar-refractivity contribution in [1.82, 2.24) is 10.3 Å². The molecule has 1 aromatic heterocycles. The van der Waals surface area contributed by atoms with Crippen molar-refractivity contribution in [1.29, 1.82) is 0 Å². The first-order valence-corrected chi connectivity index (χ1v) is 7.27. The largest absolute Gasteiger partial charge is 0.452 e. The van der Waals surface area contributed by atoms with Crippen molar-refractivity contribution in [3.63, 3.8) is 0 Å². The number of carbonyl (C=O) groups is 2. The first kappa shape index (κ1) is 17.8. The highest BCUT2D eigenvalue weighted by molar-refractivity contribution is 6.29. The van der Waals surface area contributed by atoms with Gasteiger partial charge in [-0.2, -0.15) is 0 Å². The molecule has 1 N–H and O–H groups in total. The van der Waals surface area contributed by atoms with E-state index < -0.39 is 36.2 Å². The highest BCUT2D eigenvalue weighted by Crippen LogP contribution is 2.17. The molecular formula is C16H13ClF2N2O3. The van der Waals surface area contributed by atoms with Gasteiger partial charge in [-0.1, -0.05) is 17.7 Å². The molecular weight excluding hydrogens is 342 g/mol. The van der Waals surface area contributed by atoms with Crippen LogP contribution in [0.1, 0.15) is 28.9 Å². The molecule has 0 spiro atoms. The van der Waals surface area contributed by atoms with Crippen LogP contribution in [-0.2, 0) is 9.53 Å². The fourth-order valence-electron chi connectivity index (χ4n) is 1.92. The Morgan fingerprint density at radius 3 is 2.67 bits per heavy atom. The molecule has 0 aliphatic rings. The summed E-state index contributed by atoms with van der Waals surface area (Å²) in [7, 11) is 0. The summed E-state index contributed by atoms with van der Waals surface area (Å²) < 4.78 is 31.3. The molecule has 1 atom stereocenters. The molecule has 1 amide bonds. The number of ether oxygens (including phenoxy) is 1. The molecule has 1 aromatic carbocycles. The Morgan fingerprint density at radius 2 is 2.04 bits per heavy atom. The summed E-state index contributed by atoms with van der Waals surface area (Å²) >= 11 is 5.60. The number of aromatic nitrogens is 1. The lowest BCUT2D eigenvalue weighted by atomic mass is 10.1. The summed E-state index contributed by atoms with van der Waals surface area (Å²) in [6.45, 7) is 0.980. The maximum Gasteiger partial charge on any atom is 0.340 e. The number of carbonyl (C=O) groups excluding carboxylic acids is 2. The third kappa shape index (κ3) is 4.73. The predicted molar refractivity (Wildman–Crippen MR) is 82.4 cm³/mol. The number of pyridine rings is 1. The molecule has 8 heteroatoms. The van der Waals surface area contributed by atoms with E-state index in [1.807, 2.05) is 0 Å². The third-order valence-electron chi connectivity index (χ3n) is 3.10. The molecule has 0 aliphatic heterocycles. The number of amides is 1. The summed E-state index contributed by atoms with van der Waals surface area (Å²) in [6.07, 6.45) is 1.22. The van der Waals surface area contributed by atoms with Crippen molar-refractivity contribution >= 4 is 23.5 Å². The Morgan fingerprint density at radius 1 is 1.29 bits per heavy atom. The topological polar surface area (TPSA) is 68.3 Å². The molecule has 0 fully saturated rings. The first-order valence-electron chi connectivity index (χ1n) is 6.90. The van der Waals surface area contributed by atoms with Crippen molar-refractivity contribution < 1.29 is 23.1 Å². The fourth-order valence-corrected chi connectivity index (χ4v) is 2.04. The van der Waals surface area contributed by atoms with E-state index in [2.05, 4.69) is 10.3 Å². The lowest BCUT2D eigenvalue weighted by Gasteiger charge is -2.15. The molecule has 5 nitrogen and oxygen atoms in total. The Kier molecular flexibility index (Phi) is 5.81. The summed E-state index contributed by atoms with van der Waals surface area (Å²) in [5.74, 6) is -2.84. The zero-order chi connectivity index (χ0) is 17.7. The van der Waals surface area contributed by atoms with Gasteiger partial charge < -0.3 is 10.1 Å². The predicted octanol–water partition coefficient (Wildman–Crippen LogP) is 3.05. The molecule has 2 rings (SSSR count). The number of esters is 1. The van der Waals surface area contributed by atoms with Crippen LogP contribution in [0, 0.1) is 11.6 Å². The smallest absolute Gasteiger partial charge is 0.340 e. The maximum absolute atomic E-state index is 13.6. The molecule has 0 unspecified atom stereocenters. The van der Waals surface area contributed by atoms with Gasteiger partial charge in [0.15, 0.2) is 6.61 Å². The van der Waals surface area contributed by atoms with Crippen molar-refractivity contribution in [2.45, 2.75) is 13.0 Å². The average Bonchev–Trinajstić information content (AvgIpc) is 2.53. The normalized spacial score (nSPS) is 11.7. The van der Waals surface area contributed by atoms with Gasteiger partial charge >= 0.3 is 5.97 Å². The van der Waals surface area contributed by atoms with E-state index in [1.54, 1.807) is 0 Å². The molecule has 0 saturated heterocycles. The van der Waals surface area contributed by atoms with Crippen molar-refractivity contribution in [3.8, 4) is 0 Å². The van der Waals surface area contributed by atoms with E-state index in [-0.39, 0.29) is 16.3 Å². The number of halogens is 3. The number of benzene rings is 1. The maximum atomic E-state index is 13.6. The van der Waals surface area contributed by atoms with Gasteiger partial charge in [-0.3, -0.25) is 4.79 Å². The Bertz CT molecular complexity index is 753. The third-order valence-corrected chi connectivity index (χ3v) is 3.33. The van der Waals surface area contributed by atoms with Gasteiger partial charge in [-0.15, -0.1) is 0 Å². The van der Waals surface area contributed by atoms with E-state index in [0.29, 0.717) is 0 Å². The van der Waals surface area contributed by atoms with Crippen LogP contribution < -0.4 is 5.32 Å². The van der Waals surface area contributed by atoms with Gasteiger partial charge in [0.25, 0.3) is 5.91 Å².